The fourth-order valence-electron chi connectivity index (χ4n) is 6.47. The number of aliphatic hydroxyl groups is 4. The highest BCUT2D eigenvalue weighted by molar-refractivity contribution is 5.92. The van der Waals surface area contributed by atoms with Crippen LogP contribution in [0.2, 0.25) is 0 Å². The molecule has 0 aromatic rings. The fourth-order valence-corrected chi connectivity index (χ4v) is 6.47. The van der Waals surface area contributed by atoms with Crippen LogP contribution in [0.5, 0.6) is 0 Å². The van der Waals surface area contributed by atoms with E-state index in [1.165, 1.54) is 13.8 Å². The second-order valence-electron chi connectivity index (χ2n) is 10.00. The van der Waals surface area contributed by atoms with E-state index in [1.54, 1.807) is 6.92 Å². The van der Waals surface area contributed by atoms with Crippen molar-refractivity contribution in [3.05, 3.63) is 4.91 Å². The number of hydrogen-bond donors (Lipinski definition) is 4. The van der Waals surface area contributed by atoms with Gasteiger partial charge in [-0.05, 0) is 32.1 Å². The largest absolute Gasteiger partial charge is 0.392 e. The maximum absolute atomic E-state index is 13.3. The predicted molar refractivity (Wildman–Crippen MR) is 95.8 cm³/mol. The third kappa shape index (κ3) is 2.31. The lowest BCUT2D eigenvalue weighted by Crippen LogP contribution is -2.86. The molecule has 1 heterocycles. The Balaban J connectivity index is 2.25. The Labute approximate surface area is 158 Å². The van der Waals surface area contributed by atoms with Crippen LogP contribution in [0.15, 0.2) is 5.18 Å². The summed E-state index contributed by atoms with van der Waals surface area (Å²) in [5.74, 6) is -1.35. The first-order chi connectivity index (χ1) is 12.2. The van der Waals surface area contributed by atoms with E-state index in [1.807, 2.05) is 13.8 Å². The van der Waals surface area contributed by atoms with Crippen LogP contribution in [0.3, 0.4) is 0 Å². The fraction of sp³-hybridized carbons (Fsp3) is 0.947. The van der Waals surface area contributed by atoms with Gasteiger partial charge >= 0.3 is 0 Å². The van der Waals surface area contributed by atoms with Crippen molar-refractivity contribution in [2.45, 2.75) is 89.0 Å². The van der Waals surface area contributed by atoms with Crippen LogP contribution >= 0.6 is 0 Å². The Morgan fingerprint density at radius 3 is 2.30 bits per heavy atom. The molecule has 8 nitrogen and oxygen atoms in total. The number of hydrogen-bond acceptors (Lipinski definition) is 8. The average molecular weight is 385 g/mol. The Morgan fingerprint density at radius 2 is 1.74 bits per heavy atom. The van der Waals surface area contributed by atoms with Crippen LogP contribution in [-0.4, -0.2) is 67.9 Å². The van der Waals surface area contributed by atoms with Gasteiger partial charge in [-0.1, -0.05) is 25.9 Å². The van der Waals surface area contributed by atoms with E-state index in [2.05, 4.69) is 5.18 Å². The van der Waals surface area contributed by atoms with Crippen LogP contribution in [0, 0.1) is 21.7 Å². The molecular formula is C19H31NO7. The molecule has 0 aromatic carbocycles. The second kappa shape index (κ2) is 5.79. The van der Waals surface area contributed by atoms with Crippen molar-refractivity contribution in [2.24, 2.45) is 21.9 Å². The van der Waals surface area contributed by atoms with E-state index in [-0.39, 0.29) is 13.0 Å². The van der Waals surface area contributed by atoms with E-state index < -0.39 is 57.6 Å². The lowest BCUT2D eigenvalue weighted by Gasteiger charge is -2.71. The van der Waals surface area contributed by atoms with Gasteiger partial charge in [0.2, 0.25) is 0 Å². The molecule has 154 valence electrons. The summed E-state index contributed by atoms with van der Waals surface area (Å²) in [6, 6.07) is 0. The summed E-state index contributed by atoms with van der Waals surface area (Å²) >= 11 is 0. The van der Waals surface area contributed by atoms with Crippen molar-refractivity contribution < 1.29 is 30.0 Å². The van der Waals surface area contributed by atoms with Crippen molar-refractivity contribution in [3.8, 4) is 0 Å². The summed E-state index contributed by atoms with van der Waals surface area (Å²) in [6.45, 7) is 7.96. The van der Waals surface area contributed by atoms with Crippen LogP contribution in [0.4, 0.5) is 0 Å². The van der Waals surface area contributed by atoms with Crippen molar-refractivity contribution >= 4 is 5.78 Å². The number of nitrogens with zero attached hydrogens (tertiary/aromatic N) is 1. The van der Waals surface area contributed by atoms with Crippen molar-refractivity contribution in [1.82, 2.24) is 0 Å². The van der Waals surface area contributed by atoms with Crippen molar-refractivity contribution in [2.75, 3.05) is 6.54 Å². The molecule has 1 aliphatic heterocycles. The van der Waals surface area contributed by atoms with Gasteiger partial charge in [-0.2, -0.15) is 4.91 Å². The zero-order valence-electron chi connectivity index (χ0n) is 16.6. The molecule has 0 aromatic heterocycles. The first kappa shape index (κ1) is 20.8. The van der Waals surface area contributed by atoms with Crippen LogP contribution in [0.1, 0.15) is 53.9 Å². The average Bonchev–Trinajstić information content (AvgIpc) is 2.54. The number of carbonyl (C=O) groups excluding carboxylic acids is 1. The lowest BCUT2D eigenvalue weighted by molar-refractivity contribution is -0.373. The van der Waals surface area contributed by atoms with E-state index in [9.17, 15) is 30.1 Å². The van der Waals surface area contributed by atoms with Gasteiger partial charge in [-0.25, -0.2) is 0 Å². The summed E-state index contributed by atoms with van der Waals surface area (Å²) in [6.07, 6.45) is -3.33. The summed E-state index contributed by atoms with van der Waals surface area (Å²) in [4.78, 5) is 24.2. The highest BCUT2D eigenvalue weighted by Crippen LogP contribution is 2.66. The van der Waals surface area contributed by atoms with Crippen LogP contribution in [-0.2, 0) is 9.53 Å². The monoisotopic (exact) mass is 385 g/mol. The number of nitroso groups, excluding NO2 is 1. The van der Waals surface area contributed by atoms with Gasteiger partial charge < -0.3 is 25.2 Å². The molecule has 0 radical (unpaired) electrons. The molecule has 8 atom stereocenters. The minimum Gasteiger partial charge on any atom is -0.392 e. The molecule has 2 aliphatic carbocycles. The quantitative estimate of drug-likeness (QED) is 0.509. The van der Waals surface area contributed by atoms with Gasteiger partial charge in [-0.3, -0.25) is 4.79 Å². The molecule has 0 unspecified atom stereocenters. The zero-order valence-corrected chi connectivity index (χ0v) is 16.6. The Kier molecular flexibility index (Phi) is 4.46. The third-order valence-electron chi connectivity index (χ3n) is 7.77. The number of ether oxygens (including phenoxy) is 1. The van der Waals surface area contributed by atoms with Crippen molar-refractivity contribution in [1.29, 1.82) is 0 Å². The number of ketones is 1. The number of aliphatic hydroxyl groups excluding tert-OH is 3. The van der Waals surface area contributed by atoms with E-state index in [0.29, 0.717) is 12.8 Å². The molecule has 4 N–H and O–H groups in total. The topological polar surface area (TPSA) is 137 Å². The minimum absolute atomic E-state index is 0.275. The Morgan fingerprint density at radius 1 is 1.15 bits per heavy atom. The lowest BCUT2D eigenvalue weighted by atomic mass is 9.40. The smallest absolute Gasteiger partial charge is 0.171 e. The van der Waals surface area contributed by atoms with Gasteiger partial charge in [-0.15, -0.1) is 0 Å². The van der Waals surface area contributed by atoms with Gasteiger partial charge in [0.15, 0.2) is 11.4 Å². The summed E-state index contributed by atoms with van der Waals surface area (Å²) in [5, 5.41) is 47.7. The number of rotatable bonds is 2. The predicted octanol–water partition coefficient (Wildman–Crippen LogP) is 0.530. The van der Waals surface area contributed by atoms with E-state index in [4.69, 9.17) is 4.74 Å². The normalized spacial score (nSPS) is 54.8. The summed E-state index contributed by atoms with van der Waals surface area (Å²) in [7, 11) is 0. The summed E-state index contributed by atoms with van der Waals surface area (Å²) < 4.78 is 6.01. The number of Topliss-reactive ketones (excluding diaryl/α,β-unsaturated/α-hetero) is 1. The molecule has 0 bridgehead atoms. The van der Waals surface area contributed by atoms with Crippen molar-refractivity contribution in [3.63, 3.8) is 0 Å². The molecule has 0 amide bonds. The molecule has 27 heavy (non-hydrogen) atoms. The van der Waals surface area contributed by atoms with E-state index in [0.717, 1.165) is 0 Å². The summed E-state index contributed by atoms with van der Waals surface area (Å²) in [5.41, 5.74) is -7.41. The number of carbonyl (C=O) groups is 1. The maximum atomic E-state index is 13.3. The van der Waals surface area contributed by atoms with E-state index >= 15 is 0 Å². The molecule has 3 fully saturated rings. The maximum Gasteiger partial charge on any atom is 0.171 e. The van der Waals surface area contributed by atoms with Crippen LogP contribution in [0.25, 0.3) is 0 Å². The number of fused-ring (bicyclic) bond motifs is 3. The van der Waals surface area contributed by atoms with Gasteiger partial charge in [0.05, 0.1) is 17.8 Å². The van der Waals surface area contributed by atoms with Gasteiger partial charge in [0.1, 0.15) is 18.2 Å². The Hall–Kier alpha value is -0.930. The van der Waals surface area contributed by atoms with Gasteiger partial charge in [0.25, 0.3) is 0 Å². The molecule has 3 rings (SSSR count). The standard InChI is InChI=1S/C19H31NO7/c1-15(2)7-6-10(21)17(4)13(15)12(23)14(24)18(5)19(17,25)11(22)8-16(3,27-18)9-20-26/h10,12-14,21,23-25H,6-9H2,1-5H3/t10-,12-,13-,14-,16+,17-,18+,19-/m0/s1. The Bertz CT molecular complexity index is 668. The SMILES string of the molecule is CC1(C)CC[C@H](O)[C@@]2(C)[C@H]1[C@H](O)[C@H](O)[C@@]1(C)O[C@@](C)(CN=O)CC(=O)[C@]21O. The molecule has 3 aliphatic rings. The highest BCUT2D eigenvalue weighted by atomic mass is 16.6. The van der Waals surface area contributed by atoms with Gasteiger partial charge in [0, 0.05) is 17.8 Å². The molecule has 8 heteroatoms. The second-order valence-corrected chi connectivity index (χ2v) is 10.00. The molecule has 0 spiro atoms. The minimum atomic E-state index is -2.23. The third-order valence-corrected chi connectivity index (χ3v) is 7.77. The molecule has 2 saturated carbocycles. The highest BCUT2D eigenvalue weighted by Gasteiger charge is 2.80. The molecular weight excluding hydrogens is 354 g/mol. The first-order valence-electron chi connectivity index (χ1n) is 9.50. The van der Waals surface area contributed by atoms with Crippen LogP contribution < -0.4 is 0 Å². The zero-order chi connectivity index (χ0) is 20.6. The molecule has 1 saturated heterocycles. The first-order valence-corrected chi connectivity index (χ1v) is 9.50.